The predicted molar refractivity (Wildman–Crippen MR) is 272 cm³/mol. The van der Waals surface area contributed by atoms with Crippen LogP contribution in [-0.4, -0.2) is 0 Å². The van der Waals surface area contributed by atoms with Crippen LogP contribution in [0.15, 0.2) is 249 Å². The summed E-state index contributed by atoms with van der Waals surface area (Å²) in [4.78, 5) is 2.44. The first-order valence-corrected chi connectivity index (χ1v) is 22.8. The highest BCUT2D eigenvalue weighted by Crippen LogP contribution is 2.58. The summed E-state index contributed by atoms with van der Waals surface area (Å²) in [5.74, 6) is 0. The Morgan fingerprint density at radius 3 is 1.43 bits per heavy atom. The van der Waals surface area contributed by atoms with E-state index in [9.17, 15) is 0 Å². The van der Waals surface area contributed by atoms with Gasteiger partial charge in [0.25, 0.3) is 0 Å². The van der Waals surface area contributed by atoms with Gasteiger partial charge in [0.2, 0.25) is 0 Å². The van der Waals surface area contributed by atoms with Gasteiger partial charge in [0.05, 0.1) is 5.41 Å². The van der Waals surface area contributed by atoms with Crippen molar-refractivity contribution in [3.8, 4) is 55.6 Å². The molecule has 0 fully saturated rings. The maximum absolute atomic E-state index is 2.47. The average Bonchev–Trinajstić information content (AvgIpc) is 3.81. The van der Waals surface area contributed by atoms with Crippen LogP contribution in [0.25, 0.3) is 55.6 Å². The molecule has 2 aliphatic carbocycles. The van der Waals surface area contributed by atoms with Crippen molar-refractivity contribution < 1.29 is 0 Å². The van der Waals surface area contributed by atoms with Gasteiger partial charge in [-0.1, -0.05) is 220 Å². The quantitative estimate of drug-likeness (QED) is 0.147. The monoisotopic (exact) mass is 829 g/mol. The lowest BCUT2D eigenvalue weighted by Gasteiger charge is -2.35. The van der Waals surface area contributed by atoms with E-state index in [-0.39, 0.29) is 5.41 Å². The summed E-state index contributed by atoms with van der Waals surface area (Å²) in [6.45, 7) is 4.71. The van der Waals surface area contributed by atoms with E-state index >= 15 is 0 Å². The molecular weight excluding hydrogens is 783 g/mol. The SMILES string of the molecule is CC1(C)c2ccccc2-c2c(-c3ccc(N(c4ccc(-c5ccccc5)cc4)c4ccc5c(c4)C(c4ccccc4)(c4cccc(-c6ccccc6)c4)c4ccccc4-5)cc3)cccc21. The van der Waals surface area contributed by atoms with Crippen molar-refractivity contribution in [1.82, 2.24) is 0 Å². The van der Waals surface area contributed by atoms with Crippen LogP contribution in [0.3, 0.4) is 0 Å². The van der Waals surface area contributed by atoms with Crippen molar-refractivity contribution in [2.45, 2.75) is 24.7 Å². The lowest BCUT2D eigenvalue weighted by molar-refractivity contribution is 0.660. The minimum absolute atomic E-state index is 0.0599. The largest absolute Gasteiger partial charge is 0.310 e. The van der Waals surface area contributed by atoms with E-state index in [0.717, 1.165) is 17.1 Å². The van der Waals surface area contributed by atoms with Crippen molar-refractivity contribution in [2.24, 2.45) is 0 Å². The van der Waals surface area contributed by atoms with Crippen LogP contribution in [0.5, 0.6) is 0 Å². The first-order valence-electron chi connectivity index (χ1n) is 22.8. The van der Waals surface area contributed by atoms with Crippen LogP contribution < -0.4 is 4.90 Å². The van der Waals surface area contributed by atoms with Crippen molar-refractivity contribution in [2.75, 3.05) is 4.90 Å². The maximum Gasteiger partial charge on any atom is 0.0714 e. The van der Waals surface area contributed by atoms with Gasteiger partial charge in [0, 0.05) is 22.5 Å². The molecule has 12 rings (SSSR count). The Kier molecular flexibility index (Phi) is 9.14. The van der Waals surface area contributed by atoms with Crippen molar-refractivity contribution in [3.63, 3.8) is 0 Å². The van der Waals surface area contributed by atoms with E-state index in [1.165, 1.54) is 89.0 Å². The highest BCUT2D eigenvalue weighted by atomic mass is 15.1. The lowest BCUT2D eigenvalue weighted by Crippen LogP contribution is -2.29. The third kappa shape index (κ3) is 6.15. The van der Waals surface area contributed by atoms with Crippen LogP contribution in [0.4, 0.5) is 17.1 Å². The van der Waals surface area contributed by atoms with Gasteiger partial charge in [-0.2, -0.15) is 0 Å². The molecule has 2 aliphatic rings. The summed E-state index contributed by atoms with van der Waals surface area (Å²) in [6, 6.07) is 92.0. The van der Waals surface area contributed by atoms with E-state index in [1.54, 1.807) is 0 Å². The molecule has 0 bridgehead atoms. The molecule has 0 radical (unpaired) electrons. The third-order valence-electron chi connectivity index (χ3n) is 14.2. The molecule has 0 amide bonds. The maximum atomic E-state index is 2.47. The topological polar surface area (TPSA) is 3.24 Å². The summed E-state index contributed by atoms with van der Waals surface area (Å²) < 4.78 is 0. The Morgan fingerprint density at radius 2 is 0.738 bits per heavy atom. The number of anilines is 3. The van der Waals surface area contributed by atoms with Gasteiger partial charge in [-0.15, -0.1) is 0 Å². The molecule has 1 unspecified atom stereocenters. The van der Waals surface area contributed by atoms with Gasteiger partial charge >= 0.3 is 0 Å². The normalized spacial score (nSPS) is 15.1. The Balaban J connectivity index is 1.05. The van der Waals surface area contributed by atoms with Gasteiger partial charge < -0.3 is 4.90 Å². The minimum atomic E-state index is -0.571. The number of hydrogen-bond acceptors (Lipinski definition) is 1. The molecule has 0 heterocycles. The first kappa shape index (κ1) is 38.7. The first-order chi connectivity index (χ1) is 32.0. The van der Waals surface area contributed by atoms with Crippen LogP contribution in [0, 0.1) is 0 Å². The Hall–Kier alpha value is -8.00. The molecule has 1 nitrogen and oxygen atoms in total. The van der Waals surface area contributed by atoms with Gasteiger partial charge in [-0.25, -0.2) is 0 Å². The third-order valence-corrected chi connectivity index (χ3v) is 14.2. The van der Waals surface area contributed by atoms with E-state index in [4.69, 9.17) is 0 Å². The van der Waals surface area contributed by atoms with Gasteiger partial charge in [0.15, 0.2) is 0 Å². The highest BCUT2D eigenvalue weighted by Gasteiger charge is 2.46. The fraction of sp³-hybridized carbons (Fsp3) is 0.0625. The molecule has 10 aromatic rings. The van der Waals surface area contributed by atoms with E-state index in [1.807, 2.05) is 0 Å². The van der Waals surface area contributed by atoms with Crippen molar-refractivity contribution in [1.29, 1.82) is 0 Å². The summed E-state index contributed by atoms with van der Waals surface area (Å²) >= 11 is 0. The standard InChI is InChI=1S/C64H47N/c1-63(2)58-29-14-13-27-57(58)62-54(28-17-31-60(62)63)47-34-38-52(39-35-47)65(51-36-32-46(33-37-51)44-18-6-3-7-19-44)53-40-41-56-55-26-12-15-30-59(55)64(61(56)43-53,49-23-10-5-11-24-49)50-25-16-22-48(42-50)45-20-8-4-9-21-45/h3-43H,1-2H3. The van der Waals surface area contributed by atoms with Crippen LogP contribution in [0.1, 0.15) is 47.2 Å². The molecule has 308 valence electrons. The molecule has 0 spiro atoms. The summed E-state index contributed by atoms with van der Waals surface area (Å²) in [6.07, 6.45) is 0. The van der Waals surface area contributed by atoms with Crippen LogP contribution in [-0.2, 0) is 10.8 Å². The Bertz CT molecular complexity index is 3370. The zero-order valence-electron chi connectivity index (χ0n) is 36.6. The molecular formula is C64H47N. The van der Waals surface area contributed by atoms with Crippen LogP contribution >= 0.6 is 0 Å². The van der Waals surface area contributed by atoms with E-state index < -0.39 is 5.41 Å². The zero-order valence-corrected chi connectivity index (χ0v) is 36.6. The molecule has 0 aliphatic heterocycles. The molecule has 1 heteroatoms. The summed E-state index contributed by atoms with van der Waals surface area (Å²) in [5, 5.41) is 0. The second-order valence-corrected chi connectivity index (χ2v) is 18.0. The van der Waals surface area contributed by atoms with Gasteiger partial charge in [-0.3, -0.25) is 0 Å². The Labute approximate surface area is 382 Å². The summed E-state index contributed by atoms with van der Waals surface area (Å²) in [7, 11) is 0. The molecule has 10 aromatic carbocycles. The fourth-order valence-corrected chi connectivity index (χ4v) is 11.1. The van der Waals surface area contributed by atoms with Crippen LogP contribution in [0.2, 0.25) is 0 Å². The van der Waals surface area contributed by atoms with E-state index in [2.05, 4.69) is 267 Å². The molecule has 1 atom stereocenters. The molecule has 0 aromatic heterocycles. The molecule has 65 heavy (non-hydrogen) atoms. The Morgan fingerprint density at radius 1 is 0.277 bits per heavy atom. The fourth-order valence-electron chi connectivity index (χ4n) is 11.1. The molecule has 0 saturated heterocycles. The van der Waals surface area contributed by atoms with Gasteiger partial charge in [-0.05, 0) is 131 Å². The number of nitrogens with zero attached hydrogens (tertiary/aromatic N) is 1. The zero-order chi connectivity index (χ0) is 43.5. The predicted octanol–water partition coefficient (Wildman–Crippen LogP) is 16.8. The van der Waals surface area contributed by atoms with Crippen molar-refractivity contribution >= 4 is 17.1 Å². The second-order valence-electron chi connectivity index (χ2n) is 18.0. The number of hydrogen-bond donors (Lipinski definition) is 0. The molecule has 0 saturated carbocycles. The number of rotatable bonds is 8. The smallest absolute Gasteiger partial charge is 0.0714 e. The number of benzene rings is 10. The van der Waals surface area contributed by atoms with Gasteiger partial charge in [0.1, 0.15) is 0 Å². The molecule has 0 N–H and O–H groups in total. The second kappa shape index (κ2) is 15.4. The lowest BCUT2D eigenvalue weighted by atomic mass is 9.67. The average molecular weight is 830 g/mol. The number of fused-ring (bicyclic) bond motifs is 6. The minimum Gasteiger partial charge on any atom is -0.310 e. The highest BCUT2D eigenvalue weighted by molar-refractivity contribution is 5.94. The summed E-state index contributed by atoms with van der Waals surface area (Å²) in [5.41, 5.74) is 23.0. The van der Waals surface area contributed by atoms with Crippen molar-refractivity contribution in [3.05, 3.63) is 282 Å². The van der Waals surface area contributed by atoms with E-state index in [0.29, 0.717) is 0 Å².